The summed E-state index contributed by atoms with van der Waals surface area (Å²) in [5.74, 6) is 0.406. The Hall–Kier alpha value is -1.92. The summed E-state index contributed by atoms with van der Waals surface area (Å²) >= 11 is -1.16. The second-order valence-electron chi connectivity index (χ2n) is 3.45. The van der Waals surface area contributed by atoms with E-state index in [-0.39, 0.29) is 17.7 Å². The van der Waals surface area contributed by atoms with E-state index >= 15 is 0 Å². The van der Waals surface area contributed by atoms with Crippen LogP contribution in [0.5, 0.6) is 5.75 Å². The molecular weight excluding hydrogens is 299 g/mol. The molecule has 1 unspecified atom stereocenters. The number of phenols is 1. The number of hydrogen-bond acceptors (Lipinski definition) is 8. The summed E-state index contributed by atoms with van der Waals surface area (Å²) in [6, 6.07) is 4.61. The van der Waals surface area contributed by atoms with E-state index in [1.54, 1.807) is 12.1 Å². The molecule has 0 saturated heterocycles. The van der Waals surface area contributed by atoms with Crippen molar-refractivity contribution < 1.29 is 8.85 Å². The van der Waals surface area contributed by atoms with Crippen LogP contribution in [0.15, 0.2) is 28.2 Å². The topological polar surface area (TPSA) is 138 Å². The number of nitrogens with one attached hydrogen (secondary N) is 2. The Labute approximate surface area is 109 Å². The molecule has 18 heavy (non-hydrogen) atoms. The van der Waals surface area contributed by atoms with Gasteiger partial charge < -0.3 is 0 Å². The van der Waals surface area contributed by atoms with Crippen molar-refractivity contribution >= 4 is 37.6 Å². The molecule has 0 radical (unpaired) electrons. The van der Waals surface area contributed by atoms with Gasteiger partial charge in [0.15, 0.2) is 0 Å². The summed E-state index contributed by atoms with van der Waals surface area (Å²) in [5, 5.41) is 15.1. The fourth-order valence-corrected chi connectivity index (χ4v) is 2.03. The van der Waals surface area contributed by atoms with Crippen molar-refractivity contribution in [2.75, 3.05) is 5.32 Å². The summed E-state index contributed by atoms with van der Waals surface area (Å²) in [6.45, 7) is 0. The molecule has 0 fully saturated rings. The zero-order valence-electron chi connectivity index (χ0n) is 9.16. The van der Waals surface area contributed by atoms with Crippen LogP contribution >= 0.6 is 0 Å². The van der Waals surface area contributed by atoms with E-state index in [1.807, 2.05) is 0 Å². The van der Waals surface area contributed by atoms with E-state index in [2.05, 4.69) is 20.6 Å². The summed E-state index contributed by atoms with van der Waals surface area (Å²) < 4.78 is 11.5. The number of phenolic OH excluding ortho intramolecular Hbond substituents is 1. The van der Waals surface area contributed by atoms with Gasteiger partial charge in [-0.15, -0.1) is 0 Å². The maximum atomic E-state index is 10.9. The number of aromatic hydroxyl groups is 1. The van der Waals surface area contributed by atoms with Gasteiger partial charge in [-0.25, -0.2) is 0 Å². The minimum atomic E-state index is -1.16. The molecule has 1 heterocycles. The number of anilines is 1. The molecule has 1 atom stereocenters. The summed E-state index contributed by atoms with van der Waals surface area (Å²) in [5.41, 5.74) is 11.4. The first-order valence-corrected chi connectivity index (χ1v) is 6.66. The van der Waals surface area contributed by atoms with Crippen LogP contribution in [0.1, 0.15) is 0 Å². The fraction of sp³-hybridized carbons (Fsp3) is 0.111. The van der Waals surface area contributed by atoms with Gasteiger partial charge in [-0.05, 0) is 0 Å². The van der Waals surface area contributed by atoms with Crippen molar-refractivity contribution in [1.29, 1.82) is 0 Å². The number of guanidine groups is 2. The molecule has 0 aromatic heterocycles. The van der Waals surface area contributed by atoms with Gasteiger partial charge in [0.2, 0.25) is 0 Å². The molecule has 8 nitrogen and oxygen atoms in total. The molecule has 1 aliphatic rings. The molecule has 9 heteroatoms. The second kappa shape index (κ2) is 5.15. The zero-order valence-corrected chi connectivity index (χ0v) is 11.0. The fourth-order valence-electron chi connectivity index (χ4n) is 1.36. The average Bonchev–Trinajstić information content (AvgIpc) is 2.30. The van der Waals surface area contributed by atoms with Gasteiger partial charge in [0, 0.05) is 0 Å². The first kappa shape index (κ1) is 12.5. The molecular formula is C9H11AsN6O2. The predicted octanol–water partition coefficient (Wildman–Crippen LogP) is -2.00. The van der Waals surface area contributed by atoms with E-state index in [1.165, 1.54) is 6.07 Å². The van der Waals surface area contributed by atoms with E-state index < -0.39 is 22.0 Å². The van der Waals surface area contributed by atoms with Gasteiger partial charge in [-0.3, -0.25) is 0 Å². The first-order chi connectivity index (χ1) is 8.58. The number of rotatable bonds is 2. The Kier molecular flexibility index (Phi) is 3.59. The molecule has 1 aromatic carbocycles. The first-order valence-electron chi connectivity index (χ1n) is 4.95. The third-order valence-electron chi connectivity index (χ3n) is 2.12. The van der Waals surface area contributed by atoms with Gasteiger partial charge >= 0.3 is 109 Å². The third-order valence-corrected chi connectivity index (χ3v) is 3.14. The number of hydrogen-bond donors (Lipinski definition) is 5. The second-order valence-corrected chi connectivity index (χ2v) is 4.91. The molecule has 0 saturated carbocycles. The standard InChI is InChI=1S/C9H11AsN6O2/c11-7-14-8(12)16-9(15-7)13-5-3-4(10-18)1-2-6(5)17/h1-3,7,17H,11H2,(H4,12,13,14,15,16). The number of benzene rings is 1. The van der Waals surface area contributed by atoms with Gasteiger partial charge in [0.05, 0.1) is 0 Å². The molecule has 7 N–H and O–H groups in total. The molecule has 1 aromatic rings. The quantitative estimate of drug-likeness (QED) is 0.316. The van der Waals surface area contributed by atoms with E-state index in [0.29, 0.717) is 10.0 Å². The molecule has 0 aliphatic carbocycles. The monoisotopic (exact) mass is 310 g/mol. The average molecular weight is 310 g/mol. The molecule has 94 valence electrons. The van der Waals surface area contributed by atoms with E-state index in [0.717, 1.165) is 0 Å². The molecule has 0 amide bonds. The van der Waals surface area contributed by atoms with Gasteiger partial charge in [-0.1, -0.05) is 0 Å². The third kappa shape index (κ3) is 2.85. The Morgan fingerprint density at radius 1 is 1.44 bits per heavy atom. The van der Waals surface area contributed by atoms with Crippen LogP contribution in [0.4, 0.5) is 5.69 Å². The van der Waals surface area contributed by atoms with Crippen LogP contribution in [0.25, 0.3) is 0 Å². The van der Waals surface area contributed by atoms with Crippen LogP contribution < -0.4 is 26.5 Å². The summed E-state index contributed by atoms with van der Waals surface area (Å²) in [6.07, 6.45) is -0.787. The van der Waals surface area contributed by atoms with Gasteiger partial charge in [0.25, 0.3) is 0 Å². The molecule has 1 aliphatic heterocycles. The number of aliphatic imine (C=N–C) groups is 2. The maximum absolute atomic E-state index is 10.9. The summed E-state index contributed by atoms with van der Waals surface area (Å²) in [4.78, 5) is 7.70. The SMILES string of the molecule is NC1=NC(N)N=C(Nc2cc([As]=O)ccc2O)N1. The van der Waals surface area contributed by atoms with Crippen LogP contribution in [0.3, 0.4) is 0 Å². The Morgan fingerprint density at radius 3 is 2.89 bits per heavy atom. The van der Waals surface area contributed by atoms with Crippen molar-refractivity contribution in [2.45, 2.75) is 6.29 Å². The van der Waals surface area contributed by atoms with Gasteiger partial charge in [0.1, 0.15) is 0 Å². The van der Waals surface area contributed by atoms with Crippen LogP contribution in [-0.4, -0.2) is 39.0 Å². The van der Waals surface area contributed by atoms with Crippen molar-refractivity contribution in [3.8, 4) is 5.75 Å². The predicted molar refractivity (Wildman–Crippen MR) is 68.0 cm³/mol. The van der Waals surface area contributed by atoms with Crippen molar-refractivity contribution in [1.82, 2.24) is 5.32 Å². The minimum absolute atomic E-state index is 0.00700. The van der Waals surface area contributed by atoms with Crippen LogP contribution in [-0.2, 0) is 3.74 Å². The normalized spacial score (nSPS) is 18.8. The van der Waals surface area contributed by atoms with Crippen molar-refractivity contribution in [3.63, 3.8) is 0 Å². The van der Waals surface area contributed by atoms with E-state index in [4.69, 9.17) is 11.5 Å². The van der Waals surface area contributed by atoms with Crippen molar-refractivity contribution in [2.24, 2.45) is 21.5 Å². The number of nitrogens with zero attached hydrogens (tertiary/aromatic N) is 2. The molecule has 0 spiro atoms. The van der Waals surface area contributed by atoms with Crippen LogP contribution in [0.2, 0.25) is 0 Å². The summed E-state index contributed by atoms with van der Waals surface area (Å²) in [7, 11) is 0. The van der Waals surface area contributed by atoms with Gasteiger partial charge in [-0.2, -0.15) is 0 Å². The number of nitrogens with two attached hydrogens (primary N) is 2. The van der Waals surface area contributed by atoms with Crippen molar-refractivity contribution in [3.05, 3.63) is 18.2 Å². The Bertz CT molecular complexity index is 544. The van der Waals surface area contributed by atoms with E-state index in [9.17, 15) is 8.85 Å². The Morgan fingerprint density at radius 2 is 2.22 bits per heavy atom. The molecule has 0 bridgehead atoms. The van der Waals surface area contributed by atoms with Crippen LogP contribution in [0, 0.1) is 0 Å². The molecule has 2 rings (SSSR count). The zero-order chi connectivity index (χ0) is 13.1. The Balaban J connectivity index is 2.22.